The Hall–Kier alpha value is -1.52. The Balaban J connectivity index is -0.0000000332. The predicted octanol–water partition coefficient (Wildman–Crippen LogP) is -17.4. The van der Waals surface area contributed by atoms with Gasteiger partial charge in [0.25, 0.3) is 0 Å². The summed E-state index contributed by atoms with van der Waals surface area (Å²) in [7, 11) is -18.1. The number of hydrogen-bond donors (Lipinski definition) is 6. The van der Waals surface area contributed by atoms with E-state index in [1.165, 1.54) is 0 Å². The zero-order valence-corrected chi connectivity index (χ0v) is 31.9. The summed E-state index contributed by atoms with van der Waals surface area (Å²) in [5.41, 5.74) is 10.0. The number of rotatable bonds is 8. The average molecular weight is 777 g/mol. The smallest absolute Gasteiger partial charge is 0.672 e. The van der Waals surface area contributed by atoms with Crippen LogP contribution in [0.2, 0.25) is 0 Å². The minimum Gasteiger partial charge on any atom is -0.672 e. The molecule has 0 heterocycles. The van der Waals surface area contributed by atoms with E-state index in [-0.39, 0.29) is 107 Å². The van der Waals surface area contributed by atoms with Crippen LogP contribution in [-0.4, -0.2) is 183 Å². The van der Waals surface area contributed by atoms with Crippen molar-refractivity contribution in [1.29, 1.82) is 0 Å². The maximum atomic E-state index is 9.99. The largest absolute Gasteiger partial charge is 3.00 e. The molecular formula is C10H18Al2Mg2N2O23Si5. The monoisotopic (exact) mass is 776 g/mol. The maximum absolute atomic E-state index is 9.99. The van der Waals surface area contributed by atoms with Crippen molar-refractivity contribution in [3.05, 3.63) is 0 Å². The van der Waals surface area contributed by atoms with Crippen LogP contribution in [0.5, 0.6) is 0 Å². The van der Waals surface area contributed by atoms with Crippen molar-refractivity contribution in [2.45, 2.75) is 37.8 Å². The molecule has 0 bridgehead atoms. The van der Waals surface area contributed by atoms with Gasteiger partial charge in [-0.15, -0.1) is 0 Å². The first-order valence-corrected chi connectivity index (χ1v) is 14.7. The number of aliphatic carboxylic acids is 4. The molecular weight excluding hydrogens is 759 g/mol. The van der Waals surface area contributed by atoms with Crippen LogP contribution >= 0.6 is 0 Å². The minimum absolute atomic E-state index is 0. The molecule has 8 N–H and O–H groups in total. The second kappa shape index (κ2) is 54.0. The molecule has 0 aliphatic carbocycles. The summed E-state index contributed by atoms with van der Waals surface area (Å²) in [6.45, 7) is 0. The summed E-state index contributed by atoms with van der Waals surface area (Å²) >= 11 is 0. The van der Waals surface area contributed by atoms with Gasteiger partial charge in [-0.05, 0) is 12.8 Å². The first kappa shape index (κ1) is 73.8. The molecule has 0 unspecified atom stereocenters. The summed E-state index contributed by atoms with van der Waals surface area (Å²) in [5, 5.41) is 32.5. The SMILES string of the molecule is N[C@@H](CCC(=O)O)C(=O)O.N[C@@H](CCC(=O)O)C(=O)O.O=[Si]([O-])[O-].O=[Si]([O-])[O-].O=[Si]([O-])[O-].O=[Si]([O-])[O-].O=[Si]([O-])[O-].[Al+3].[Al+3].[Mg+2].[Mg+2]. The van der Waals surface area contributed by atoms with Crippen LogP contribution in [0.25, 0.3) is 0 Å². The number of hydrogen-bond acceptors (Lipinski definition) is 21. The fraction of sp³-hybridized carbons (Fsp3) is 0.600. The van der Waals surface area contributed by atoms with Gasteiger partial charge in [-0.25, -0.2) is 0 Å². The number of carbonyl (C=O) groups is 4. The summed E-state index contributed by atoms with van der Waals surface area (Å²) in [6.07, 6.45) is -0.448. The number of nitrogens with two attached hydrogens (primary N) is 2. The zero-order valence-electron chi connectivity index (χ0n) is 21.8. The molecule has 0 amide bonds. The molecule has 0 aliphatic rings. The van der Waals surface area contributed by atoms with Gasteiger partial charge in [-0.3, -0.25) is 19.2 Å². The molecule has 0 saturated carbocycles. The van der Waals surface area contributed by atoms with Crippen molar-refractivity contribution in [3.8, 4) is 0 Å². The van der Waals surface area contributed by atoms with E-state index in [0.717, 1.165) is 0 Å². The van der Waals surface area contributed by atoms with Crippen molar-refractivity contribution in [3.63, 3.8) is 0 Å². The minimum atomic E-state index is -3.63. The molecule has 0 aromatic rings. The fourth-order valence-electron chi connectivity index (χ4n) is 0.805. The molecule has 0 fully saturated rings. The summed E-state index contributed by atoms with van der Waals surface area (Å²) in [6, 6.07) is -2.12. The molecule has 44 heavy (non-hydrogen) atoms. The van der Waals surface area contributed by atoms with E-state index in [2.05, 4.69) is 0 Å². The molecule has 236 valence electrons. The van der Waals surface area contributed by atoms with E-state index in [1.807, 2.05) is 0 Å². The second-order valence-corrected chi connectivity index (χ2v) is 7.50. The van der Waals surface area contributed by atoms with Crippen molar-refractivity contribution >= 4 is 151 Å². The predicted molar refractivity (Wildman–Crippen MR) is 120 cm³/mol. The molecule has 2 atom stereocenters. The Kier molecular flexibility index (Phi) is 90.5. The Bertz CT molecular complexity index is 694. The molecule has 0 saturated heterocycles. The molecule has 0 spiro atoms. The van der Waals surface area contributed by atoms with E-state index < -0.39 is 81.8 Å². The summed E-state index contributed by atoms with van der Waals surface area (Å²) in [5.74, 6) is -4.39. The van der Waals surface area contributed by atoms with Gasteiger partial charge in [0, 0.05) is 58.7 Å². The molecule has 34 heteroatoms. The Morgan fingerprint density at radius 3 is 0.659 bits per heavy atom. The van der Waals surface area contributed by atoms with E-state index in [4.69, 9.17) is 102 Å². The van der Waals surface area contributed by atoms with E-state index in [9.17, 15) is 19.2 Å². The second-order valence-electron chi connectivity index (χ2n) is 5.00. The number of carboxylic acids is 4. The van der Waals surface area contributed by atoms with Gasteiger partial charge < -0.3 is 102 Å². The van der Waals surface area contributed by atoms with Gasteiger partial charge in [0.2, 0.25) is 0 Å². The third-order valence-corrected chi connectivity index (χ3v) is 1.97. The van der Waals surface area contributed by atoms with Gasteiger partial charge in [0.15, 0.2) is 0 Å². The quantitative estimate of drug-likeness (QED) is 0.125. The van der Waals surface area contributed by atoms with E-state index in [0.29, 0.717) is 0 Å². The van der Waals surface area contributed by atoms with Crippen molar-refractivity contribution < 1.29 is 110 Å². The van der Waals surface area contributed by atoms with Crippen LogP contribution in [0, 0.1) is 0 Å². The van der Waals surface area contributed by atoms with Gasteiger partial charge in [0.1, 0.15) is 12.1 Å². The van der Waals surface area contributed by atoms with Crippen LogP contribution in [0.3, 0.4) is 0 Å². The van der Waals surface area contributed by atoms with Gasteiger partial charge in [0.05, 0.1) is 0 Å². The third-order valence-electron chi connectivity index (χ3n) is 1.97. The van der Waals surface area contributed by atoms with Gasteiger partial charge in [-0.2, -0.15) is 0 Å². The maximum Gasteiger partial charge on any atom is 3.00 e. The Labute approximate surface area is 307 Å². The van der Waals surface area contributed by atoms with Crippen LogP contribution < -0.4 is 59.4 Å². The van der Waals surface area contributed by atoms with E-state index in [1.54, 1.807) is 0 Å². The molecule has 25 nitrogen and oxygen atoms in total. The normalized spacial score (nSPS) is 8.41. The van der Waals surface area contributed by atoms with Gasteiger partial charge in [-0.1, -0.05) is 0 Å². The van der Waals surface area contributed by atoms with Gasteiger partial charge >= 0.3 is 105 Å². The van der Waals surface area contributed by atoms with Crippen LogP contribution in [0.4, 0.5) is 0 Å². The topological polar surface area (TPSA) is 517 Å². The van der Waals surface area contributed by atoms with Crippen LogP contribution in [0.15, 0.2) is 0 Å². The zero-order chi connectivity index (χ0) is 34.2. The first-order valence-electron chi connectivity index (χ1n) is 8.54. The molecule has 0 radical (unpaired) electrons. The summed E-state index contributed by atoms with van der Waals surface area (Å²) in [4.78, 5) is 125. The van der Waals surface area contributed by atoms with Crippen molar-refractivity contribution in [2.75, 3.05) is 0 Å². The average Bonchev–Trinajstić information content (AvgIpc) is 2.68. The molecule has 0 aromatic carbocycles. The Morgan fingerprint density at radius 2 is 0.591 bits per heavy atom. The summed E-state index contributed by atoms with van der Waals surface area (Å²) < 4.78 is 42.6. The van der Waals surface area contributed by atoms with Crippen molar-refractivity contribution in [1.82, 2.24) is 0 Å². The standard InChI is InChI=1S/2C5H9NO4.2Al.2Mg.5O3Si/c2*6-3(5(9)10)1-2-4(7)8;;;;;5*1-4(2)3/h2*3H,1-2,6H2,(H,7,8)(H,9,10);;;;;;;;;/q;;2*+3;2*+2;5*-2/t2*3-;;;;;;;;;/m00........./s1. The van der Waals surface area contributed by atoms with Crippen molar-refractivity contribution in [2.24, 2.45) is 11.5 Å². The third kappa shape index (κ3) is 232. The fourth-order valence-corrected chi connectivity index (χ4v) is 0.805. The van der Waals surface area contributed by atoms with E-state index >= 15 is 0 Å². The first-order chi connectivity index (χ1) is 17.7. The van der Waals surface area contributed by atoms with Crippen LogP contribution in [-0.2, 0) is 41.5 Å². The Morgan fingerprint density at radius 1 is 0.477 bits per heavy atom. The molecule has 0 aliphatic heterocycles. The molecule has 0 aromatic heterocycles. The van der Waals surface area contributed by atoms with Crippen LogP contribution in [0.1, 0.15) is 25.7 Å². The number of carboxylic acid groups (broad SMARTS) is 4. The molecule has 0 rings (SSSR count).